The molecule has 1 aliphatic carbocycles. The monoisotopic (exact) mass is 308 g/mol. The summed E-state index contributed by atoms with van der Waals surface area (Å²) in [5.74, 6) is 0. The molecule has 0 bridgehead atoms. The number of hydrogen-bond donors (Lipinski definition) is 1. The van der Waals surface area contributed by atoms with Crippen molar-refractivity contribution in [1.29, 1.82) is 0 Å². The molecule has 1 aliphatic heterocycles. The summed E-state index contributed by atoms with van der Waals surface area (Å²) in [5.41, 5.74) is 1.47. The highest BCUT2D eigenvalue weighted by Crippen LogP contribution is 2.23. The molecule has 2 aromatic rings. The zero-order valence-corrected chi connectivity index (χ0v) is 14.0. The van der Waals surface area contributed by atoms with E-state index in [1.807, 2.05) is 0 Å². The van der Waals surface area contributed by atoms with Crippen LogP contribution in [0.4, 0.5) is 0 Å². The van der Waals surface area contributed by atoms with E-state index in [0.717, 1.165) is 12.6 Å². The summed E-state index contributed by atoms with van der Waals surface area (Å²) in [6.07, 6.45) is 8.37. The standard InChI is InChI=1S/C21H28N2/c1-2-10-19(11-3-1)22-20-13-14-23(16-20)15-18-9-6-8-17-7-4-5-12-21(17)18/h4-9,12,19-20,22H,1-3,10-11,13-16H2/t20-/m0/s1. The van der Waals surface area contributed by atoms with Crippen molar-refractivity contribution in [1.82, 2.24) is 10.2 Å². The van der Waals surface area contributed by atoms with E-state index in [4.69, 9.17) is 0 Å². The second-order valence-corrected chi connectivity index (χ2v) is 7.36. The van der Waals surface area contributed by atoms with Crippen LogP contribution in [0.1, 0.15) is 44.1 Å². The third-order valence-electron chi connectivity index (χ3n) is 5.62. The van der Waals surface area contributed by atoms with Gasteiger partial charge in [-0.25, -0.2) is 0 Å². The first-order valence-corrected chi connectivity index (χ1v) is 9.33. The molecule has 1 atom stereocenters. The molecule has 23 heavy (non-hydrogen) atoms. The van der Waals surface area contributed by atoms with Crippen LogP contribution in [-0.4, -0.2) is 30.1 Å². The van der Waals surface area contributed by atoms with Crippen LogP contribution in [0.5, 0.6) is 0 Å². The Morgan fingerprint density at radius 2 is 1.70 bits per heavy atom. The number of hydrogen-bond acceptors (Lipinski definition) is 2. The SMILES string of the molecule is c1ccc2c(CN3CC[C@H](NC4CCCCC4)C3)cccc2c1. The van der Waals surface area contributed by atoms with Crippen molar-refractivity contribution in [3.63, 3.8) is 0 Å². The first kappa shape index (κ1) is 15.2. The van der Waals surface area contributed by atoms with Crippen LogP contribution < -0.4 is 5.32 Å². The van der Waals surface area contributed by atoms with Crippen molar-refractivity contribution in [2.24, 2.45) is 0 Å². The normalized spacial score (nSPS) is 23.6. The molecule has 0 aromatic heterocycles. The summed E-state index contributed by atoms with van der Waals surface area (Å²) in [5, 5.41) is 6.71. The topological polar surface area (TPSA) is 15.3 Å². The lowest BCUT2D eigenvalue weighted by atomic mass is 9.95. The van der Waals surface area contributed by atoms with E-state index < -0.39 is 0 Å². The highest BCUT2D eigenvalue weighted by molar-refractivity contribution is 5.85. The van der Waals surface area contributed by atoms with Crippen molar-refractivity contribution in [3.8, 4) is 0 Å². The first-order valence-electron chi connectivity index (χ1n) is 9.33. The van der Waals surface area contributed by atoms with Crippen molar-refractivity contribution in [3.05, 3.63) is 48.0 Å². The number of nitrogens with one attached hydrogen (secondary N) is 1. The predicted octanol–water partition coefficient (Wildman–Crippen LogP) is 4.34. The van der Waals surface area contributed by atoms with Gasteiger partial charge in [0.1, 0.15) is 0 Å². The quantitative estimate of drug-likeness (QED) is 0.904. The molecule has 2 nitrogen and oxygen atoms in total. The molecular weight excluding hydrogens is 280 g/mol. The Bertz CT molecular complexity index is 640. The summed E-state index contributed by atoms with van der Waals surface area (Å²) in [6, 6.07) is 17.0. The van der Waals surface area contributed by atoms with Gasteiger partial charge in [0, 0.05) is 31.7 Å². The van der Waals surface area contributed by atoms with Crippen LogP contribution >= 0.6 is 0 Å². The maximum Gasteiger partial charge on any atom is 0.0240 e. The Labute approximate surface area is 139 Å². The van der Waals surface area contributed by atoms with E-state index in [-0.39, 0.29) is 0 Å². The molecule has 122 valence electrons. The summed E-state index contributed by atoms with van der Waals surface area (Å²) >= 11 is 0. The molecule has 4 rings (SSSR count). The Hall–Kier alpha value is -1.38. The number of fused-ring (bicyclic) bond motifs is 1. The molecule has 1 saturated heterocycles. The average Bonchev–Trinajstić information content (AvgIpc) is 3.03. The van der Waals surface area contributed by atoms with Crippen molar-refractivity contribution in [2.75, 3.05) is 13.1 Å². The highest BCUT2D eigenvalue weighted by Gasteiger charge is 2.25. The van der Waals surface area contributed by atoms with E-state index in [9.17, 15) is 0 Å². The summed E-state index contributed by atoms with van der Waals surface area (Å²) in [6.45, 7) is 3.53. The zero-order chi connectivity index (χ0) is 15.5. The maximum absolute atomic E-state index is 3.93. The summed E-state index contributed by atoms with van der Waals surface area (Å²) in [4.78, 5) is 2.63. The van der Waals surface area contributed by atoms with Crippen LogP contribution in [0.3, 0.4) is 0 Å². The molecule has 0 radical (unpaired) electrons. The van der Waals surface area contributed by atoms with Gasteiger partial charge >= 0.3 is 0 Å². The smallest absolute Gasteiger partial charge is 0.0240 e. The van der Waals surface area contributed by atoms with E-state index in [1.54, 1.807) is 0 Å². The Balaban J connectivity index is 1.38. The molecule has 0 unspecified atom stereocenters. The van der Waals surface area contributed by atoms with Gasteiger partial charge in [-0.1, -0.05) is 61.7 Å². The van der Waals surface area contributed by atoms with Gasteiger partial charge in [0.15, 0.2) is 0 Å². The molecule has 1 heterocycles. The van der Waals surface area contributed by atoms with Gasteiger partial charge in [-0.3, -0.25) is 4.90 Å². The lowest BCUT2D eigenvalue weighted by Crippen LogP contribution is -2.41. The Kier molecular flexibility index (Phi) is 4.63. The van der Waals surface area contributed by atoms with E-state index in [0.29, 0.717) is 6.04 Å². The van der Waals surface area contributed by atoms with Crippen LogP contribution in [0.2, 0.25) is 0 Å². The lowest BCUT2D eigenvalue weighted by Gasteiger charge is -2.26. The van der Waals surface area contributed by atoms with Gasteiger partial charge in [-0.05, 0) is 35.6 Å². The van der Waals surface area contributed by atoms with Crippen LogP contribution in [0.15, 0.2) is 42.5 Å². The molecular formula is C21H28N2. The van der Waals surface area contributed by atoms with Gasteiger partial charge in [0.25, 0.3) is 0 Å². The number of nitrogens with zero attached hydrogens (tertiary/aromatic N) is 1. The minimum absolute atomic E-state index is 0.702. The predicted molar refractivity (Wildman–Crippen MR) is 97.6 cm³/mol. The van der Waals surface area contributed by atoms with Gasteiger partial charge in [-0.2, -0.15) is 0 Å². The average molecular weight is 308 g/mol. The molecule has 1 N–H and O–H groups in total. The summed E-state index contributed by atoms with van der Waals surface area (Å²) in [7, 11) is 0. The van der Waals surface area contributed by atoms with Crippen LogP contribution in [-0.2, 0) is 6.54 Å². The van der Waals surface area contributed by atoms with Crippen LogP contribution in [0.25, 0.3) is 10.8 Å². The summed E-state index contributed by atoms with van der Waals surface area (Å²) < 4.78 is 0. The fraction of sp³-hybridized carbons (Fsp3) is 0.524. The minimum Gasteiger partial charge on any atom is -0.310 e. The molecule has 1 saturated carbocycles. The number of rotatable bonds is 4. The van der Waals surface area contributed by atoms with Crippen molar-refractivity contribution in [2.45, 2.75) is 57.2 Å². The minimum atomic E-state index is 0.702. The maximum atomic E-state index is 3.93. The Morgan fingerprint density at radius 3 is 2.61 bits per heavy atom. The fourth-order valence-electron chi connectivity index (χ4n) is 4.39. The first-order chi connectivity index (χ1) is 11.4. The third-order valence-corrected chi connectivity index (χ3v) is 5.62. The second kappa shape index (κ2) is 7.02. The molecule has 2 heteroatoms. The lowest BCUT2D eigenvalue weighted by molar-refractivity contribution is 0.299. The highest BCUT2D eigenvalue weighted by atomic mass is 15.2. The van der Waals surface area contributed by atoms with E-state index in [2.05, 4.69) is 52.7 Å². The zero-order valence-electron chi connectivity index (χ0n) is 14.0. The van der Waals surface area contributed by atoms with Gasteiger partial charge in [0.2, 0.25) is 0 Å². The van der Waals surface area contributed by atoms with Crippen molar-refractivity contribution >= 4 is 10.8 Å². The van der Waals surface area contributed by atoms with Crippen molar-refractivity contribution < 1.29 is 0 Å². The van der Waals surface area contributed by atoms with E-state index >= 15 is 0 Å². The Morgan fingerprint density at radius 1 is 0.870 bits per heavy atom. The van der Waals surface area contributed by atoms with E-state index in [1.165, 1.54) is 68.0 Å². The molecule has 2 aliphatic rings. The molecule has 2 aromatic carbocycles. The molecule has 0 amide bonds. The van der Waals surface area contributed by atoms with Gasteiger partial charge < -0.3 is 5.32 Å². The second-order valence-electron chi connectivity index (χ2n) is 7.36. The largest absolute Gasteiger partial charge is 0.310 e. The fourth-order valence-corrected chi connectivity index (χ4v) is 4.39. The number of likely N-dealkylation sites (tertiary alicyclic amines) is 1. The molecule has 2 fully saturated rings. The molecule has 0 spiro atoms. The number of benzene rings is 2. The third kappa shape index (κ3) is 3.59. The van der Waals surface area contributed by atoms with Gasteiger partial charge in [-0.15, -0.1) is 0 Å². The van der Waals surface area contributed by atoms with Gasteiger partial charge in [0.05, 0.1) is 0 Å². The van der Waals surface area contributed by atoms with Crippen LogP contribution in [0, 0.1) is 0 Å².